The molecule has 4 aliphatic rings. The normalized spacial score (nSPS) is 33.6. The van der Waals surface area contributed by atoms with Crippen LogP contribution in [0.25, 0.3) is 0 Å². The van der Waals surface area contributed by atoms with Gasteiger partial charge in [-0.1, -0.05) is 6.92 Å². The molecule has 0 aromatic rings. The van der Waals surface area contributed by atoms with Crippen LogP contribution in [0.3, 0.4) is 0 Å². The van der Waals surface area contributed by atoms with Crippen molar-refractivity contribution in [2.75, 3.05) is 26.2 Å². The zero-order valence-corrected chi connectivity index (χ0v) is 20.6. The number of hydrogen-bond acceptors (Lipinski definition) is 7. The first-order valence-electron chi connectivity index (χ1n) is 11.8. The summed E-state index contributed by atoms with van der Waals surface area (Å²) in [4.78, 5) is 52.9. The molecular weight excluding hydrogens is 484 g/mol. The highest BCUT2D eigenvalue weighted by Crippen LogP contribution is 2.51. The molecular formula is C22H31F2N5O5S. The van der Waals surface area contributed by atoms with E-state index in [9.17, 15) is 33.1 Å². The molecule has 4 N–H and O–H groups in total. The highest BCUT2D eigenvalue weighted by Gasteiger charge is 2.60. The summed E-state index contributed by atoms with van der Waals surface area (Å²) in [6.07, 6.45) is -2.66. The molecule has 10 nitrogen and oxygen atoms in total. The standard InChI is InChI=1S/C22H31F2N5O5S/c1-9-8-28(5-4-25-9)20(31)13-6-12(7-26-13)35-17-10(2)15-14(11(3)27-19(30)18(23)24)21(32)29(15)16(17)22(33)34/h9-15,18,25-26H,4-8H2,1-3H3,(H,27,30)(H,33,34)/t9-,10-,11-,12+,13+,14-,15+/m1/s1. The van der Waals surface area contributed by atoms with E-state index >= 15 is 0 Å². The van der Waals surface area contributed by atoms with E-state index in [1.54, 1.807) is 0 Å². The molecule has 4 rings (SSSR count). The van der Waals surface area contributed by atoms with Gasteiger partial charge in [0.15, 0.2) is 0 Å². The van der Waals surface area contributed by atoms with Gasteiger partial charge >= 0.3 is 12.4 Å². The lowest BCUT2D eigenvalue weighted by Gasteiger charge is -2.47. The maximum atomic E-state index is 13.0. The topological polar surface area (TPSA) is 131 Å². The lowest BCUT2D eigenvalue weighted by atomic mass is 9.78. The fraction of sp³-hybridized carbons (Fsp3) is 0.727. The highest BCUT2D eigenvalue weighted by molar-refractivity contribution is 8.03. The van der Waals surface area contributed by atoms with Gasteiger partial charge in [-0.25, -0.2) is 4.79 Å². The van der Waals surface area contributed by atoms with E-state index in [0.29, 0.717) is 31.0 Å². The van der Waals surface area contributed by atoms with Crippen molar-refractivity contribution in [3.05, 3.63) is 10.6 Å². The van der Waals surface area contributed by atoms with Gasteiger partial charge in [0.2, 0.25) is 11.8 Å². The number of carbonyl (C=O) groups is 4. The minimum atomic E-state index is -3.20. The predicted molar refractivity (Wildman–Crippen MR) is 123 cm³/mol. The van der Waals surface area contributed by atoms with Gasteiger partial charge in [-0.15, -0.1) is 11.8 Å². The SMILES string of the molecule is C[C@@H]1CN(C(=O)[C@@H]2C[C@H](SC3=C(C(=O)O)N4C(=O)[C@H]([C@@H](C)NC(=O)C(F)F)[C@@H]4[C@H]3C)CN2)CCN1. The first-order valence-corrected chi connectivity index (χ1v) is 12.7. The number of nitrogens with zero attached hydrogens (tertiary/aromatic N) is 2. The fourth-order valence-corrected chi connectivity index (χ4v) is 7.07. The molecule has 194 valence electrons. The van der Waals surface area contributed by atoms with Gasteiger partial charge < -0.3 is 30.9 Å². The average molecular weight is 516 g/mol. The Labute approximate surface area is 206 Å². The van der Waals surface area contributed by atoms with E-state index < -0.39 is 42.2 Å². The second kappa shape index (κ2) is 10.0. The van der Waals surface area contributed by atoms with Gasteiger partial charge in [0, 0.05) is 54.3 Å². The lowest BCUT2D eigenvalue weighted by molar-refractivity contribution is -0.159. The molecule has 7 atom stereocenters. The van der Waals surface area contributed by atoms with E-state index in [1.807, 2.05) is 18.7 Å². The van der Waals surface area contributed by atoms with Crippen LogP contribution in [0, 0.1) is 11.8 Å². The fourth-order valence-electron chi connectivity index (χ4n) is 5.59. The van der Waals surface area contributed by atoms with Crippen molar-refractivity contribution in [3.8, 4) is 0 Å². The Balaban J connectivity index is 1.43. The van der Waals surface area contributed by atoms with Crippen LogP contribution < -0.4 is 16.0 Å². The molecule has 0 aromatic carbocycles. The number of amides is 3. The van der Waals surface area contributed by atoms with E-state index in [2.05, 4.69) is 16.0 Å². The summed E-state index contributed by atoms with van der Waals surface area (Å²) >= 11 is 1.36. The molecule has 0 spiro atoms. The number of piperazine rings is 1. The second-order valence-corrected chi connectivity index (χ2v) is 11.0. The van der Waals surface area contributed by atoms with Crippen molar-refractivity contribution in [2.24, 2.45) is 11.8 Å². The zero-order valence-electron chi connectivity index (χ0n) is 19.8. The van der Waals surface area contributed by atoms with Crippen LogP contribution in [0.5, 0.6) is 0 Å². The maximum absolute atomic E-state index is 13.0. The third-order valence-corrected chi connectivity index (χ3v) is 8.77. The van der Waals surface area contributed by atoms with Gasteiger partial charge in [-0.05, 0) is 20.3 Å². The number of nitrogens with one attached hydrogen (secondary N) is 3. The third-order valence-electron chi connectivity index (χ3n) is 7.26. The van der Waals surface area contributed by atoms with Gasteiger partial charge in [0.05, 0.1) is 18.0 Å². The van der Waals surface area contributed by atoms with Crippen molar-refractivity contribution in [1.82, 2.24) is 25.8 Å². The molecule has 4 heterocycles. The molecule has 35 heavy (non-hydrogen) atoms. The molecule has 0 radical (unpaired) electrons. The number of alkyl halides is 2. The third kappa shape index (κ3) is 4.77. The number of thioether (sulfide) groups is 1. The minimum Gasteiger partial charge on any atom is -0.477 e. The minimum absolute atomic E-state index is 0.0380. The summed E-state index contributed by atoms with van der Waals surface area (Å²) in [6.45, 7) is 7.86. The van der Waals surface area contributed by atoms with Gasteiger partial charge in [-0.3, -0.25) is 14.4 Å². The second-order valence-electron chi connectivity index (χ2n) is 9.71. The van der Waals surface area contributed by atoms with Gasteiger partial charge in [0.25, 0.3) is 5.91 Å². The summed E-state index contributed by atoms with van der Waals surface area (Å²) in [5.41, 5.74) is -0.0909. The summed E-state index contributed by atoms with van der Waals surface area (Å²) in [5, 5.41) is 18.5. The van der Waals surface area contributed by atoms with Crippen molar-refractivity contribution >= 4 is 35.5 Å². The Bertz CT molecular complexity index is 949. The van der Waals surface area contributed by atoms with E-state index in [4.69, 9.17) is 0 Å². The molecule has 0 unspecified atom stereocenters. The van der Waals surface area contributed by atoms with Crippen LogP contribution in [0.1, 0.15) is 27.2 Å². The number of carboxylic acid groups (broad SMARTS) is 1. The Morgan fingerprint density at radius 2 is 1.94 bits per heavy atom. The van der Waals surface area contributed by atoms with Gasteiger partial charge in [-0.2, -0.15) is 8.78 Å². The lowest BCUT2D eigenvalue weighted by Crippen LogP contribution is -2.66. The first-order chi connectivity index (χ1) is 16.5. The number of carbonyl (C=O) groups excluding carboxylic acids is 3. The van der Waals surface area contributed by atoms with Crippen molar-refractivity contribution < 1.29 is 33.1 Å². The number of carboxylic acids is 1. The maximum Gasteiger partial charge on any atom is 0.353 e. The molecule has 3 amide bonds. The van der Waals surface area contributed by atoms with Crippen LogP contribution in [0.2, 0.25) is 0 Å². The number of hydrogen-bond donors (Lipinski definition) is 4. The van der Waals surface area contributed by atoms with Crippen LogP contribution in [-0.2, 0) is 19.2 Å². The molecule has 0 saturated carbocycles. The Hall–Kier alpha value is -2.25. The number of β-lactam (4-membered cyclic amide) rings is 1. The smallest absolute Gasteiger partial charge is 0.353 e. The predicted octanol–water partition coefficient (Wildman–Crippen LogP) is -0.187. The van der Waals surface area contributed by atoms with E-state index in [0.717, 1.165) is 6.54 Å². The van der Waals surface area contributed by atoms with Crippen LogP contribution in [0.4, 0.5) is 8.78 Å². The summed E-state index contributed by atoms with van der Waals surface area (Å²) in [6, 6.07) is -1.51. The largest absolute Gasteiger partial charge is 0.477 e. The Morgan fingerprint density at radius 1 is 1.23 bits per heavy atom. The number of halogens is 2. The quantitative estimate of drug-likeness (QED) is 0.344. The summed E-state index contributed by atoms with van der Waals surface area (Å²) in [7, 11) is 0. The molecule has 3 fully saturated rings. The molecule has 0 aromatic heterocycles. The summed E-state index contributed by atoms with van der Waals surface area (Å²) < 4.78 is 25.3. The highest BCUT2D eigenvalue weighted by atomic mass is 32.2. The number of fused-ring (bicyclic) bond motifs is 1. The van der Waals surface area contributed by atoms with Gasteiger partial charge in [0.1, 0.15) is 5.70 Å². The number of aliphatic carboxylic acids is 1. The van der Waals surface area contributed by atoms with Crippen LogP contribution >= 0.6 is 11.8 Å². The Kier molecular flexibility index (Phi) is 7.39. The number of rotatable bonds is 7. The average Bonchev–Trinajstić information content (AvgIpc) is 3.35. The van der Waals surface area contributed by atoms with E-state index in [1.165, 1.54) is 23.6 Å². The summed E-state index contributed by atoms with van der Waals surface area (Å²) in [5.74, 6) is -4.28. The van der Waals surface area contributed by atoms with Crippen LogP contribution in [-0.4, -0.2) is 101 Å². The molecule has 3 saturated heterocycles. The van der Waals surface area contributed by atoms with Crippen molar-refractivity contribution in [3.63, 3.8) is 0 Å². The van der Waals surface area contributed by atoms with Crippen molar-refractivity contribution in [2.45, 2.75) is 63.0 Å². The monoisotopic (exact) mass is 515 g/mol. The zero-order chi connectivity index (χ0) is 25.6. The van der Waals surface area contributed by atoms with Crippen LogP contribution in [0.15, 0.2) is 10.6 Å². The Morgan fingerprint density at radius 3 is 2.57 bits per heavy atom. The molecule has 0 aliphatic carbocycles. The molecule has 13 heteroatoms. The molecule has 0 bridgehead atoms. The first kappa shape index (κ1) is 25.8. The molecule has 4 aliphatic heterocycles. The van der Waals surface area contributed by atoms with E-state index in [-0.39, 0.29) is 34.9 Å². The van der Waals surface area contributed by atoms with Crippen molar-refractivity contribution in [1.29, 1.82) is 0 Å².